The highest BCUT2D eigenvalue weighted by Gasteiger charge is 2.18. The van der Waals surface area contributed by atoms with Crippen LogP contribution < -0.4 is 0 Å². The maximum Gasteiger partial charge on any atom is -0.00820 e. The van der Waals surface area contributed by atoms with E-state index in [4.69, 9.17) is 0 Å². The minimum absolute atomic E-state index is 1.05. The molecular weight excluding hydrogens is 228 g/mol. The Bertz CT molecular complexity index is 580. The van der Waals surface area contributed by atoms with Crippen LogP contribution in [0.25, 0.3) is 5.57 Å². The van der Waals surface area contributed by atoms with E-state index in [2.05, 4.69) is 61.6 Å². The first-order valence-corrected chi connectivity index (χ1v) is 7.26. The van der Waals surface area contributed by atoms with Gasteiger partial charge < -0.3 is 0 Å². The van der Waals surface area contributed by atoms with Gasteiger partial charge in [-0.25, -0.2) is 0 Å². The zero-order chi connectivity index (χ0) is 13.1. The molecule has 2 aliphatic rings. The quantitative estimate of drug-likeness (QED) is 0.664. The summed E-state index contributed by atoms with van der Waals surface area (Å²) in [5.41, 5.74) is 7.17. The lowest BCUT2D eigenvalue weighted by Gasteiger charge is -2.14. The number of fused-ring (bicyclic) bond motifs is 1. The highest BCUT2D eigenvalue weighted by molar-refractivity contribution is 5.81. The molecule has 0 heteroatoms. The summed E-state index contributed by atoms with van der Waals surface area (Å²) in [5, 5.41) is 0. The number of rotatable bonds is 4. The number of benzene rings is 1. The molecule has 0 unspecified atom stereocenters. The molecule has 1 aromatic rings. The van der Waals surface area contributed by atoms with Crippen LogP contribution in [-0.4, -0.2) is 0 Å². The van der Waals surface area contributed by atoms with Gasteiger partial charge in [-0.1, -0.05) is 68.0 Å². The highest BCUT2D eigenvalue weighted by Crippen LogP contribution is 2.38. The third-order valence-corrected chi connectivity index (χ3v) is 3.87. The van der Waals surface area contributed by atoms with E-state index in [1.165, 1.54) is 47.1 Å². The summed E-state index contributed by atoms with van der Waals surface area (Å²) in [4.78, 5) is 0. The standard InChI is InChI=1S/C19H20/c1-2-3-8-15-13-17-11-7-12-18(19(17)14-15)16-9-5-4-6-10-16/h4-7,9-11,13-14H,2-3,8,12H2,1H3. The Morgan fingerprint density at radius 2 is 1.89 bits per heavy atom. The number of hydrogen-bond acceptors (Lipinski definition) is 0. The van der Waals surface area contributed by atoms with Gasteiger partial charge in [-0.05, 0) is 47.1 Å². The van der Waals surface area contributed by atoms with Crippen LogP contribution in [0.3, 0.4) is 0 Å². The van der Waals surface area contributed by atoms with E-state index in [0.717, 1.165) is 6.42 Å². The van der Waals surface area contributed by atoms with Gasteiger partial charge in [0.2, 0.25) is 0 Å². The maximum absolute atomic E-state index is 2.40. The van der Waals surface area contributed by atoms with Gasteiger partial charge in [0.1, 0.15) is 0 Å². The smallest absolute Gasteiger partial charge is 0.00820 e. The average molecular weight is 248 g/mol. The molecule has 0 fully saturated rings. The molecule has 0 nitrogen and oxygen atoms in total. The van der Waals surface area contributed by atoms with Gasteiger partial charge in [0.05, 0.1) is 0 Å². The molecule has 3 rings (SSSR count). The van der Waals surface area contributed by atoms with Crippen molar-refractivity contribution in [2.75, 3.05) is 0 Å². The minimum atomic E-state index is 1.05. The molecule has 0 spiro atoms. The third-order valence-electron chi connectivity index (χ3n) is 3.87. The van der Waals surface area contributed by atoms with Crippen molar-refractivity contribution in [3.8, 4) is 0 Å². The molecule has 2 aliphatic carbocycles. The van der Waals surface area contributed by atoms with Crippen molar-refractivity contribution in [3.05, 3.63) is 76.9 Å². The van der Waals surface area contributed by atoms with E-state index >= 15 is 0 Å². The summed E-state index contributed by atoms with van der Waals surface area (Å²) >= 11 is 0. The van der Waals surface area contributed by atoms with E-state index in [1.807, 2.05) is 0 Å². The van der Waals surface area contributed by atoms with E-state index < -0.39 is 0 Å². The SMILES string of the molecule is CCCCC1=CC2=C(c3ccccc3)CC=CC2=C1. The molecule has 19 heavy (non-hydrogen) atoms. The third kappa shape index (κ3) is 2.49. The van der Waals surface area contributed by atoms with Gasteiger partial charge >= 0.3 is 0 Å². The topological polar surface area (TPSA) is 0 Å². The first-order valence-electron chi connectivity index (χ1n) is 7.26. The first kappa shape index (κ1) is 12.2. The predicted molar refractivity (Wildman–Crippen MR) is 82.8 cm³/mol. The molecule has 0 aliphatic heterocycles. The van der Waals surface area contributed by atoms with Crippen molar-refractivity contribution >= 4 is 5.57 Å². The van der Waals surface area contributed by atoms with Crippen LogP contribution in [0.1, 0.15) is 38.2 Å². The summed E-state index contributed by atoms with van der Waals surface area (Å²) in [7, 11) is 0. The van der Waals surface area contributed by atoms with Crippen LogP contribution in [0, 0.1) is 0 Å². The molecule has 0 heterocycles. The van der Waals surface area contributed by atoms with Crippen molar-refractivity contribution in [3.63, 3.8) is 0 Å². The number of unbranched alkanes of at least 4 members (excludes halogenated alkanes) is 1. The van der Waals surface area contributed by atoms with Crippen LogP contribution >= 0.6 is 0 Å². The summed E-state index contributed by atoms with van der Waals surface area (Å²) in [6.45, 7) is 2.25. The monoisotopic (exact) mass is 248 g/mol. The number of hydrogen-bond donors (Lipinski definition) is 0. The fourth-order valence-corrected chi connectivity index (χ4v) is 2.84. The maximum atomic E-state index is 2.40. The molecule has 0 saturated heterocycles. The van der Waals surface area contributed by atoms with Crippen molar-refractivity contribution in [1.29, 1.82) is 0 Å². The lowest BCUT2D eigenvalue weighted by atomic mass is 9.90. The van der Waals surface area contributed by atoms with E-state index in [-0.39, 0.29) is 0 Å². The number of allylic oxidation sites excluding steroid dienone is 8. The Morgan fingerprint density at radius 1 is 1.05 bits per heavy atom. The highest BCUT2D eigenvalue weighted by atomic mass is 14.2. The van der Waals surface area contributed by atoms with Gasteiger partial charge in [0.15, 0.2) is 0 Å². The molecule has 0 bridgehead atoms. The fraction of sp³-hybridized carbons (Fsp3) is 0.263. The largest absolute Gasteiger partial charge is 0.0795 e. The van der Waals surface area contributed by atoms with Gasteiger partial charge in [-0.15, -0.1) is 0 Å². The molecular formula is C19H20. The lowest BCUT2D eigenvalue weighted by Crippen LogP contribution is -1.94. The van der Waals surface area contributed by atoms with E-state index in [0.29, 0.717) is 0 Å². The Hall–Kier alpha value is -1.82. The second-order valence-electron chi connectivity index (χ2n) is 5.29. The fourth-order valence-electron chi connectivity index (χ4n) is 2.84. The zero-order valence-corrected chi connectivity index (χ0v) is 11.5. The molecule has 0 atom stereocenters. The Morgan fingerprint density at radius 3 is 2.68 bits per heavy atom. The van der Waals surface area contributed by atoms with Crippen molar-refractivity contribution < 1.29 is 0 Å². The first-order chi connectivity index (χ1) is 9.38. The molecule has 0 radical (unpaired) electrons. The van der Waals surface area contributed by atoms with E-state index in [9.17, 15) is 0 Å². The molecule has 0 amide bonds. The molecule has 0 N–H and O–H groups in total. The van der Waals surface area contributed by atoms with Crippen LogP contribution in [0.4, 0.5) is 0 Å². The van der Waals surface area contributed by atoms with Gasteiger partial charge in [-0.2, -0.15) is 0 Å². The van der Waals surface area contributed by atoms with Gasteiger partial charge in [-0.3, -0.25) is 0 Å². The minimum Gasteiger partial charge on any atom is -0.0795 e. The Labute approximate surface area is 115 Å². The van der Waals surface area contributed by atoms with Crippen LogP contribution in [0.5, 0.6) is 0 Å². The van der Waals surface area contributed by atoms with Gasteiger partial charge in [0.25, 0.3) is 0 Å². The van der Waals surface area contributed by atoms with Gasteiger partial charge in [0, 0.05) is 0 Å². The van der Waals surface area contributed by atoms with Crippen LogP contribution in [-0.2, 0) is 0 Å². The summed E-state index contributed by atoms with van der Waals surface area (Å²) < 4.78 is 0. The summed E-state index contributed by atoms with van der Waals surface area (Å²) in [6, 6.07) is 10.8. The zero-order valence-electron chi connectivity index (χ0n) is 11.5. The van der Waals surface area contributed by atoms with Crippen molar-refractivity contribution in [1.82, 2.24) is 0 Å². The van der Waals surface area contributed by atoms with E-state index in [1.54, 1.807) is 0 Å². The second-order valence-corrected chi connectivity index (χ2v) is 5.29. The van der Waals surface area contributed by atoms with Crippen LogP contribution in [0.2, 0.25) is 0 Å². The Balaban J connectivity index is 1.97. The summed E-state index contributed by atoms with van der Waals surface area (Å²) in [6.07, 6.45) is 14.1. The van der Waals surface area contributed by atoms with Crippen molar-refractivity contribution in [2.45, 2.75) is 32.6 Å². The molecule has 0 saturated carbocycles. The molecule has 0 aromatic heterocycles. The lowest BCUT2D eigenvalue weighted by molar-refractivity contribution is 0.799. The normalized spacial score (nSPS) is 17.3. The Kier molecular flexibility index (Phi) is 3.50. The predicted octanol–water partition coefficient (Wildman–Crippen LogP) is 5.46. The summed E-state index contributed by atoms with van der Waals surface area (Å²) in [5.74, 6) is 0. The molecule has 96 valence electrons. The molecule has 1 aromatic carbocycles. The van der Waals surface area contributed by atoms with Crippen LogP contribution in [0.15, 0.2) is 71.4 Å². The average Bonchev–Trinajstić information content (AvgIpc) is 2.88. The van der Waals surface area contributed by atoms with Crippen molar-refractivity contribution in [2.24, 2.45) is 0 Å². The second kappa shape index (κ2) is 5.44.